The van der Waals surface area contributed by atoms with Crippen molar-refractivity contribution in [1.82, 2.24) is 9.78 Å². The molecule has 0 spiro atoms. The van der Waals surface area contributed by atoms with Crippen LogP contribution in [0.4, 0.5) is 16.2 Å². The summed E-state index contributed by atoms with van der Waals surface area (Å²) >= 11 is 0. The van der Waals surface area contributed by atoms with Gasteiger partial charge in [0.05, 0.1) is 23.7 Å². The Kier molecular flexibility index (Phi) is 5.46. The smallest absolute Gasteiger partial charge is 0.334 e. The van der Waals surface area contributed by atoms with Crippen molar-refractivity contribution in [3.63, 3.8) is 0 Å². The topological polar surface area (TPSA) is 120 Å². The lowest BCUT2D eigenvalue weighted by molar-refractivity contribution is 0.201. The maximum Gasteiger partial charge on any atom is 0.334 e. The van der Waals surface area contributed by atoms with Crippen molar-refractivity contribution in [2.24, 2.45) is 12.8 Å². The normalized spacial score (nSPS) is 15.1. The van der Waals surface area contributed by atoms with E-state index in [0.29, 0.717) is 30.1 Å². The lowest BCUT2D eigenvalue weighted by Crippen LogP contribution is -2.45. The van der Waals surface area contributed by atoms with Crippen molar-refractivity contribution >= 4 is 27.6 Å². The summed E-state index contributed by atoms with van der Waals surface area (Å²) in [6.07, 6.45) is 7.14. The van der Waals surface area contributed by atoms with E-state index in [1.54, 1.807) is 20.4 Å². The molecule has 10 heteroatoms. The van der Waals surface area contributed by atoms with Gasteiger partial charge in [-0.15, -0.1) is 0 Å². The van der Waals surface area contributed by atoms with Crippen molar-refractivity contribution in [1.29, 1.82) is 0 Å². The number of fused-ring (bicyclic) bond motifs is 2. The first-order valence-electron chi connectivity index (χ1n) is 10.1. The van der Waals surface area contributed by atoms with Gasteiger partial charge in [0.25, 0.3) is 0 Å². The highest BCUT2D eigenvalue weighted by molar-refractivity contribution is 7.94. The predicted octanol–water partition coefficient (Wildman–Crippen LogP) is 1.83. The Labute approximate surface area is 176 Å². The van der Waals surface area contributed by atoms with Crippen LogP contribution in [-0.4, -0.2) is 37.9 Å². The molecule has 0 atom stereocenters. The molecule has 0 bridgehead atoms. The number of carbonyl (C=O) groups excluding carboxylic acids is 1. The van der Waals surface area contributed by atoms with E-state index in [0.717, 1.165) is 65.1 Å². The van der Waals surface area contributed by atoms with Crippen LogP contribution in [0.3, 0.4) is 0 Å². The lowest BCUT2D eigenvalue weighted by atomic mass is 9.99. The Morgan fingerprint density at radius 1 is 1.23 bits per heavy atom. The van der Waals surface area contributed by atoms with Gasteiger partial charge in [0.15, 0.2) is 0 Å². The first-order valence-corrected chi connectivity index (χ1v) is 11.6. The van der Waals surface area contributed by atoms with E-state index in [2.05, 4.69) is 15.9 Å². The zero-order valence-electron chi connectivity index (χ0n) is 17.3. The maximum absolute atomic E-state index is 13.4. The molecule has 0 saturated carbocycles. The first-order chi connectivity index (χ1) is 14.3. The van der Waals surface area contributed by atoms with Gasteiger partial charge in [0.1, 0.15) is 0 Å². The summed E-state index contributed by atoms with van der Waals surface area (Å²) in [4.78, 5) is 12.5. The average molecular weight is 434 g/mol. The van der Waals surface area contributed by atoms with Crippen LogP contribution in [0.1, 0.15) is 40.8 Å². The number of urea groups is 1. The van der Waals surface area contributed by atoms with Gasteiger partial charge in [0.2, 0.25) is 0 Å². The first kappa shape index (κ1) is 20.7. The number of nitrogens with one attached hydrogen (secondary N) is 1. The number of aryl methyl sites for hydroxylation is 3. The molecule has 2 aliphatic carbocycles. The molecule has 0 radical (unpaired) electrons. The Bertz CT molecular complexity index is 1060. The summed E-state index contributed by atoms with van der Waals surface area (Å²) in [7, 11) is -1.02. The second kappa shape index (κ2) is 7.92. The van der Waals surface area contributed by atoms with Crippen LogP contribution in [0.15, 0.2) is 12.3 Å². The molecule has 2 amide bonds. The summed E-state index contributed by atoms with van der Waals surface area (Å²) in [5.41, 5.74) is 11.0. The van der Waals surface area contributed by atoms with Crippen LogP contribution in [0.2, 0.25) is 0 Å². The number of nitrogens with zero attached hydrogens (tertiary/aromatic N) is 3. The minimum atomic E-state index is -4.29. The van der Waals surface area contributed by atoms with Gasteiger partial charge < -0.3 is 10.5 Å². The molecule has 2 aromatic rings. The Morgan fingerprint density at radius 3 is 2.43 bits per heavy atom. The van der Waals surface area contributed by atoms with Gasteiger partial charge in [-0.25, -0.2) is 4.79 Å². The molecule has 9 nitrogen and oxygen atoms in total. The quantitative estimate of drug-likeness (QED) is 0.690. The number of carbonyl (C=O) groups is 1. The van der Waals surface area contributed by atoms with Crippen molar-refractivity contribution in [2.75, 3.05) is 22.7 Å². The zero-order valence-corrected chi connectivity index (χ0v) is 18.1. The molecular weight excluding hydrogens is 406 g/mol. The average Bonchev–Trinajstić information content (AvgIpc) is 3.38. The molecule has 0 unspecified atom stereocenters. The standard InChI is InChI=1S/C20H27N5O4S/c1-24-12-18(17(22-24)9-10-29-2)23-30(27,28)25(20(21)26)19-15-7-3-5-13(15)11-14-6-4-8-16(14)19/h11-12,23H,3-10H2,1-2H3,(H2,21,26). The highest BCUT2D eigenvalue weighted by atomic mass is 32.2. The highest BCUT2D eigenvalue weighted by Gasteiger charge is 2.36. The van der Waals surface area contributed by atoms with Gasteiger partial charge in [0, 0.05) is 26.8 Å². The van der Waals surface area contributed by atoms with Crippen LogP contribution >= 0.6 is 0 Å². The summed E-state index contributed by atoms with van der Waals surface area (Å²) < 4.78 is 36.7. The minimum Gasteiger partial charge on any atom is -0.384 e. The number of hydrogen-bond acceptors (Lipinski definition) is 5. The molecule has 30 heavy (non-hydrogen) atoms. The Balaban J connectivity index is 1.78. The number of amides is 2. The van der Waals surface area contributed by atoms with E-state index in [1.807, 2.05) is 0 Å². The number of ether oxygens (including phenoxy) is 1. The molecule has 3 N–H and O–H groups in total. The summed E-state index contributed by atoms with van der Waals surface area (Å²) in [5.74, 6) is 0. The molecule has 2 aliphatic rings. The van der Waals surface area contributed by atoms with Gasteiger partial charge in [-0.05, 0) is 60.8 Å². The van der Waals surface area contributed by atoms with Crippen molar-refractivity contribution in [2.45, 2.75) is 44.9 Å². The third-order valence-corrected chi connectivity index (χ3v) is 7.09. The predicted molar refractivity (Wildman–Crippen MR) is 114 cm³/mol. The van der Waals surface area contributed by atoms with Gasteiger partial charge in [-0.1, -0.05) is 6.07 Å². The number of primary amides is 1. The van der Waals surface area contributed by atoms with E-state index in [-0.39, 0.29) is 0 Å². The van der Waals surface area contributed by atoms with E-state index in [1.165, 1.54) is 4.68 Å². The van der Waals surface area contributed by atoms with Crippen LogP contribution < -0.4 is 14.8 Å². The Morgan fingerprint density at radius 2 is 1.87 bits per heavy atom. The minimum absolute atomic E-state index is 0.310. The van der Waals surface area contributed by atoms with E-state index < -0.39 is 16.2 Å². The molecule has 1 heterocycles. The second-order valence-electron chi connectivity index (χ2n) is 7.82. The molecule has 0 fully saturated rings. The highest BCUT2D eigenvalue weighted by Crippen LogP contribution is 2.41. The van der Waals surface area contributed by atoms with E-state index in [9.17, 15) is 13.2 Å². The number of benzene rings is 1. The largest absolute Gasteiger partial charge is 0.384 e. The summed E-state index contributed by atoms with van der Waals surface area (Å²) in [6, 6.07) is 1.16. The number of nitrogens with two attached hydrogens (primary N) is 1. The molecule has 1 aromatic carbocycles. The van der Waals surface area contributed by atoms with Gasteiger partial charge in [-0.3, -0.25) is 9.40 Å². The van der Waals surface area contributed by atoms with Crippen molar-refractivity contribution in [3.05, 3.63) is 40.2 Å². The van der Waals surface area contributed by atoms with Crippen LogP contribution in [0.5, 0.6) is 0 Å². The number of anilines is 2. The molecule has 0 saturated heterocycles. The molecule has 162 valence electrons. The van der Waals surface area contributed by atoms with E-state index in [4.69, 9.17) is 10.5 Å². The van der Waals surface area contributed by atoms with Crippen molar-refractivity contribution in [3.8, 4) is 0 Å². The van der Waals surface area contributed by atoms with Gasteiger partial charge in [-0.2, -0.15) is 17.8 Å². The molecular formula is C20H27N5O4S. The van der Waals surface area contributed by atoms with Gasteiger partial charge >= 0.3 is 16.2 Å². The second-order valence-corrected chi connectivity index (χ2v) is 9.34. The fraction of sp³-hybridized carbons (Fsp3) is 0.500. The van der Waals surface area contributed by atoms with Crippen LogP contribution in [0.25, 0.3) is 0 Å². The molecule has 4 rings (SSSR count). The number of aromatic nitrogens is 2. The number of rotatable bonds is 7. The lowest BCUT2D eigenvalue weighted by Gasteiger charge is -2.26. The number of methoxy groups -OCH3 is 1. The fourth-order valence-electron chi connectivity index (χ4n) is 4.57. The third-order valence-electron chi connectivity index (χ3n) is 5.77. The van der Waals surface area contributed by atoms with Crippen molar-refractivity contribution < 1.29 is 17.9 Å². The monoisotopic (exact) mass is 433 g/mol. The van der Waals surface area contributed by atoms with Crippen LogP contribution in [0, 0.1) is 0 Å². The Hall–Kier alpha value is -2.59. The maximum atomic E-state index is 13.4. The number of hydrogen-bond donors (Lipinski definition) is 2. The zero-order chi connectivity index (χ0) is 21.5. The van der Waals surface area contributed by atoms with Crippen LogP contribution in [-0.2, 0) is 54.1 Å². The van der Waals surface area contributed by atoms with E-state index >= 15 is 0 Å². The third kappa shape index (κ3) is 3.65. The summed E-state index contributed by atoms with van der Waals surface area (Å²) in [6.45, 7) is 0.394. The summed E-state index contributed by atoms with van der Waals surface area (Å²) in [5, 5.41) is 4.30. The SMILES string of the molecule is COCCc1nn(C)cc1NS(=O)(=O)N(C(N)=O)c1c2c(cc3c1CCC3)CCC2. The molecule has 1 aromatic heterocycles. The fourth-order valence-corrected chi connectivity index (χ4v) is 5.81. The molecule has 0 aliphatic heterocycles.